The van der Waals surface area contributed by atoms with Crippen molar-refractivity contribution in [2.45, 2.75) is 0 Å². The number of rotatable bonds is 5. The van der Waals surface area contributed by atoms with Crippen molar-refractivity contribution in [3.63, 3.8) is 0 Å². The number of aromatic nitrogens is 1. The molecule has 0 radical (unpaired) electrons. The number of nitrogens with one attached hydrogen (secondary N) is 3. The van der Waals surface area contributed by atoms with E-state index in [2.05, 4.69) is 20.9 Å². The van der Waals surface area contributed by atoms with Gasteiger partial charge in [0.1, 0.15) is 5.82 Å². The van der Waals surface area contributed by atoms with Crippen LogP contribution in [-0.4, -0.2) is 29.9 Å². The van der Waals surface area contributed by atoms with Gasteiger partial charge in [0, 0.05) is 30.0 Å². The molecular weight excluding hydrogens is 304 g/mol. The molecule has 0 fully saturated rings. The molecule has 114 valence electrons. The van der Waals surface area contributed by atoms with E-state index in [-0.39, 0.29) is 0 Å². The maximum Gasteiger partial charge on any atom is 0.313 e. The van der Waals surface area contributed by atoms with Crippen LogP contribution in [-0.2, 0) is 9.59 Å². The Morgan fingerprint density at radius 1 is 1.00 bits per heavy atom. The van der Waals surface area contributed by atoms with Gasteiger partial charge >= 0.3 is 11.8 Å². The van der Waals surface area contributed by atoms with E-state index in [1.165, 1.54) is 0 Å². The summed E-state index contributed by atoms with van der Waals surface area (Å²) in [6, 6.07) is 12.0. The molecule has 1 aromatic heterocycles. The Kier molecular flexibility index (Phi) is 5.73. The molecule has 3 N–H and O–H groups in total. The van der Waals surface area contributed by atoms with Crippen LogP contribution in [0.15, 0.2) is 48.7 Å². The Morgan fingerprint density at radius 2 is 1.77 bits per heavy atom. The van der Waals surface area contributed by atoms with E-state index in [1.807, 2.05) is 18.2 Å². The van der Waals surface area contributed by atoms with E-state index in [9.17, 15) is 9.59 Å². The summed E-state index contributed by atoms with van der Waals surface area (Å²) in [7, 11) is 0. The highest BCUT2D eigenvalue weighted by Crippen LogP contribution is 2.13. The summed E-state index contributed by atoms with van der Waals surface area (Å²) < 4.78 is 0. The maximum atomic E-state index is 11.7. The van der Waals surface area contributed by atoms with Crippen molar-refractivity contribution in [1.29, 1.82) is 0 Å². The highest BCUT2D eigenvalue weighted by molar-refractivity contribution is 6.39. The first-order chi connectivity index (χ1) is 10.6. The first-order valence-corrected chi connectivity index (χ1v) is 7.02. The summed E-state index contributed by atoms with van der Waals surface area (Å²) in [5, 5.41) is 8.58. The second kappa shape index (κ2) is 7.99. The number of pyridine rings is 1. The van der Waals surface area contributed by atoms with Crippen molar-refractivity contribution in [3.8, 4) is 0 Å². The Bertz CT molecular complexity index is 632. The average molecular weight is 319 g/mol. The zero-order chi connectivity index (χ0) is 15.8. The molecule has 0 saturated heterocycles. The number of anilines is 2. The van der Waals surface area contributed by atoms with Gasteiger partial charge in [-0.3, -0.25) is 9.59 Å². The quantitative estimate of drug-likeness (QED) is 0.581. The largest absolute Gasteiger partial charge is 0.368 e. The van der Waals surface area contributed by atoms with Gasteiger partial charge < -0.3 is 16.0 Å². The zero-order valence-electron chi connectivity index (χ0n) is 11.7. The van der Waals surface area contributed by atoms with Crippen LogP contribution in [0.2, 0.25) is 5.02 Å². The SMILES string of the molecule is O=C(NCCNc1ccccn1)C(=O)Nc1ccc(Cl)cc1. The first kappa shape index (κ1) is 15.8. The highest BCUT2D eigenvalue weighted by atomic mass is 35.5. The Balaban J connectivity index is 1.70. The average Bonchev–Trinajstić information content (AvgIpc) is 2.54. The van der Waals surface area contributed by atoms with Gasteiger partial charge in [0.15, 0.2) is 0 Å². The number of nitrogens with zero attached hydrogens (tertiary/aromatic N) is 1. The minimum absolute atomic E-state index is 0.309. The van der Waals surface area contributed by atoms with E-state index < -0.39 is 11.8 Å². The molecular formula is C15H15ClN4O2. The van der Waals surface area contributed by atoms with Gasteiger partial charge in [-0.05, 0) is 36.4 Å². The molecule has 0 aliphatic rings. The van der Waals surface area contributed by atoms with E-state index in [0.29, 0.717) is 29.6 Å². The second-order valence-electron chi connectivity index (χ2n) is 4.36. The summed E-state index contributed by atoms with van der Waals surface area (Å²) in [6.45, 7) is 0.778. The molecule has 7 heteroatoms. The standard InChI is InChI=1S/C15H15ClN4O2/c16-11-4-6-12(7-5-11)20-15(22)14(21)19-10-9-18-13-3-1-2-8-17-13/h1-8H,9-10H2,(H,17,18)(H,19,21)(H,20,22). The highest BCUT2D eigenvalue weighted by Gasteiger charge is 2.12. The molecule has 0 aliphatic carbocycles. The molecule has 2 rings (SSSR count). The summed E-state index contributed by atoms with van der Waals surface area (Å²) in [5.41, 5.74) is 0.510. The third kappa shape index (κ3) is 5.06. The fourth-order valence-electron chi connectivity index (χ4n) is 1.64. The van der Waals surface area contributed by atoms with Gasteiger partial charge in [0.25, 0.3) is 0 Å². The number of hydrogen-bond acceptors (Lipinski definition) is 4. The van der Waals surface area contributed by atoms with Crippen molar-refractivity contribution in [2.24, 2.45) is 0 Å². The predicted octanol–water partition coefficient (Wildman–Crippen LogP) is 1.90. The lowest BCUT2D eigenvalue weighted by atomic mass is 10.3. The fourth-order valence-corrected chi connectivity index (χ4v) is 1.76. The molecule has 1 aromatic carbocycles. The summed E-state index contributed by atoms with van der Waals surface area (Å²) >= 11 is 5.74. The van der Waals surface area contributed by atoms with Crippen LogP contribution in [0.4, 0.5) is 11.5 Å². The number of carbonyl (C=O) groups is 2. The lowest BCUT2D eigenvalue weighted by molar-refractivity contribution is -0.136. The summed E-state index contributed by atoms with van der Waals surface area (Å²) in [5.74, 6) is -0.708. The minimum Gasteiger partial charge on any atom is -0.368 e. The van der Waals surface area contributed by atoms with E-state index in [0.717, 1.165) is 0 Å². The van der Waals surface area contributed by atoms with Crippen LogP contribution in [0, 0.1) is 0 Å². The van der Waals surface area contributed by atoms with Gasteiger partial charge in [0.2, 0.25) is 0 Å². The number of benzene rings is 1. The van der Waals surface area contributed by atoms with Crippen molar-refractivity contribution >= 4 is 34.9 Å². The van der Waals surface area contributed by atoms with Crippen LogP contribution in [0.25, 0.3) is 0 Å². The van der Waals surface area contributed by atoms with Crippen LogP contribution in [0.5, 0.6) is 0 Å². The summed E-state index contributed by atoms with van der Waals surface area (Å²) in [6.07, 6.45) is 1.67. The molecule has 1 heterocycles. The molecule has 2 aromatic rings. The summed E-state index contributed by atoms with van der Waals surface area (Å²) in [4.78, 5) is 27.4. The third-order valence-electron chi connectivity index (χ3n) is 2.69. The monoisotopic (exact) mass is 318 g/mol. The third-order valence-corrected chi connectivity index (χ3v) is 2.94. The van der Waals surface area contributed by atoms with Crippen LogP contribution in [0.1, 0.15) is 0 Å². The molecule has 0 atom stereocenters. The topological polar surface area (TPSA) is 83.1 Å². The van der Waals surface area contributed by atoms with E-state index >= 15 is 0 Å². The van der Waals surface area contributed by atoms with Crippen molar-refractivity contribution in [3.05, 3.63) is 53.7 Å². The fraction of sp³-hybridized carbons (Fsp3) is 0.133. The number of carbonyl (C=O) groups excluding carboxylic acids is 2. The minimum atomic E-state index is -0.722. The zero-order valence-corrected chi connectivity index (χ0v) is 12.4. The molecule has 2 amide bonds. The number of halogens is 1. The van der Waals surface area contributed by atoms with Gasteiger partial charge in [-0.2, -0.15) is 0 Å². The van der Waals surface area contributed by atoms with Gasteiger partial charge in [-0.1, -0.05) is 17.7 Å². The van der Waals surface area contributed by atoms with E-state index in [4.69, 9.17) is 11.6 Å². The van der Waals surface area contributed by atoms with Crippen molar-refractivity contribution in [2.75, 3.05) is 23.7 Å². The van der Waals surface area contributed by atoms with Crippen molar-refractivity contribution < 1.29 is 9.59 Å². The van der Waals surface area contributed by atoms with Crippen LogP contribution >= 0.6 is 11.6 Å². The van der Waals surface area contributed by atoms with Gasteiger partial charge in [-0.15, -0.1) is 0 Å². The Morgan fingerprint density at radius 3 is 2.45 bits per heavy atom. The molecule has 6 nitrogen and oxygen atoms in total. The molecule has 0 spiro atoms. The molecule has 0 saturated carbocycles. The van der Waals surface area contributed by atoms with Gasteiger partial charge in [-0.25, -0.2) is 4.98 Å². The number of hydrogen-bond donors (Lipinski definition) is 3. The second-order valence-corrected chi connectivity index (χ2v) is 4.80. The predicted molar refractivity (Wildman–Crippen MR) is 85.8 cm³/mol. The normalized spacial score (nSPS) is 9.86. The van der Waals surface area contributed by atoms with Gasteiger partial charge in [0.05, 0.1) is 0 Å². The van der Waals surface area contributed by atoms with E-state index in [1.54, 1.807) is 30.5 Å². The molecule has 0 bridgehead atoms. The first-order valence-electron chi connectivity index (χ1n) is 6.65. The van der Waals surface area contributed by atoms with Crippen LogP contribution < -0.4 is 16.0 Å². The lowest BCUT2D eigenvalue weighted by Gasteiger charge is -2.08. The van der Waals surface area contributed by atoms with Crippen LogP contribution in [0.3, 0.4) is 0 Å². The number of amides is 2. The Hall–Kier alpha value is -2.60. The maximum absolute atomic E-state index is 11.7. The molecule has 0 unspecified atom stereocenters. The molecule has 0 aliphatic heterocycles. The molecule has 22 heavy (non-hydrogen) atoms. The van der Waals surface area contributed by atoms with Crippen molar-refractivity contribution in [1.82, 2.24) is 10.3 Å². The Labute approximate surface area is 132 Å². The smallest absolute Gasteiger partial charge is 0.313 e. The lowest BCUT2D eigenvalue weighted by Crippen LogP contribution is -2.37.